The summed E-state index contributed by atoms with van der Waals surface area (Å²) in [4.78, 5) is 10.1. The molecule has 2 aliphatic heterocycles. The molecule has 23 heavy (non-hydrogen) atoms. The minimum Gasteiger partial charge on any atom is -0.391 e. The van der Waals surface area contributed by atoms with Crippen molar-refractivity contribution in [3.8, 4) is 0 Å². The average Bonchev–Trinajstić information content (AvgIpc) is 2.96. The molecule has 1 fully saturated rings. The van der Waals surface area contributed by atoms with Crippen LogP contribution in [0.4, 0.5) is 8.78 Å². The maximum atomic E-state index is 13.2. The lowest BCUT2D eigenvalue weighted by Gasteiger charge is -2.35. The average molecular weight is 323 g/mol. The summed E-state index contributed by atoms with van der Waals surface area (Å²) in [5.41, 5.74) is 1.83. The Bertz CT molecular complexity index is 551. The summed E-state index contributed by atoms with van der Waals surface area (Å²) in [5.74, 6) is -1.02. The third-order valence-corrected chi connectivity index (χ3v) is 4.46. The fourth-order valence-electron chi connectivity index (χ4n) is 3.17. The summed E-state index contributed by atoms with van der Waals surface area (Å²) in [6.45, 7) is 7.26. The minimum absolute atomic E-state index is 0.175. The van der Waals surface area contributed by atoms with Crippen LogP contribution in [-0.4, -0.2) is 54.3 Å². The van der Waals surface area contributed by atoms with Gasteiger partial charge >= 0.3 is 0 Å². The van der Waals surface area contributed by atoms with E-state index in [2.05, 4.69) is 21.9 Å². The van der Waals surface area contributed by atoms with Crippen LogP contribution >= 0.6 is 0 Å². The van der Waals surface area contributed by atoms with E-state index in [4.69, 9.17) is 4.84 Å². The molecule has 0 spiro atoms. The number of hydrogen-bond donors (Lipinski definition) is 0. The van der Waals surface area contributed by atoms with Gasteiger partial charge in [0.15, 0.2) is 0 Å². The number of nitrogens with zero attached hydrogens (tertiary/aromatic N) is 3. The van der Waals surface area contributed by atoms with Crippen molar-refractivity contribution >= 4 is 5.71 Å². The molecule has 0 amide bonds. The molecule has 1 unspecified atom stereocenters. The first kappa shape index (κ1) is 16.3. The molecule has 0 aromatic heterocycles. The number of rotatable bonds is 5. The van der Waals surface area contributed by atoms with E-state index in [9.17, 15) is 8.78 Å². The zero-order valence-corrected chi connectivity index (χ0v) is 13.5. The van der Waals surface area contributed by atoms with Gasteiger partial charge in [-0.3, -0.25) is 9.80 Å². The molecule has 1 aromatic rings. The third kappa shape index (κ3) is 4.48. The van der Waals surface area contributed by atoms with Gasteiger partial charge in [0.1, 0.15) is 17.7 Å². The summed E-state index contributed by atoms with van der Waals surface area (Å²) in [6.07, 6.45) is 2.06. The van der Waals surface area contributed by atoms with Crippen LogP contribution in [0.2, 0.25) is 0 Å². The Kier molecular flexibility index (Phi) is 5.23. The van der Waals surface area contributed by atoms with E-state index in [1.54, 1.807) is 0 Å². The molecule has 1 atom stereocenters. The van der Waals surface area contributed by atoms with E-state index in [1.165, 1.54) is 12.1 Å². The molecule has 1 saturated heterocycles. The van der Waals surface area contributed by atoms with E-state index in [1.807, 2.05) is 0 Å². The summed E-state index contributed by atoms with van der Waals surface area (Å²) in [5, 5.41) is 4.10. The van der Waals surface area contributed by atoms with Crippen molar-refractivity contribution in [2.24, 2.45) is 5.16 Å². The van der Waals surface area contributed by atoms with Gasteiger partial charge in [-0.05, 0) is 24.1 Å². The molecule has 2 aliphatic rings. The molecule has 6 heteroatoms. The molecular formula is C17H23F2N3O. The highest BCUT2D eigenvalue weighted by atomic mass is 19.1. The van der Waals surface area contributed by atoms with Crippen molar-refractivity contribution in [3.63, 3.8) is 0 Å². The van der Waals surface area contributed by atoms with Crippen molar-refractivity contribution in [3.05, 3.63) is 35.4 Å². The fourth-order valence-corrected chi connectivity index (χ4v) is 3.17. The smallest absolute Gasteiger partial charge is 0.145 e. The number of oxime groups is 1. The number of halogens is 2. The van der Waals surface area contributed by atoms with Crippen molar-refractivity contribution in [2.45, 2.75) is 32.4 Å². The number of piperazine rings is 1. The predicted molar refractivity (Wildman–Crippen MR) is 85.3 cm³/mol. The Labute approximate surface area is 135 Å². The van der Waals surface area contributed by atoms with E-state index < -0.39 is 11.6 Å². The summed E-state index contributed by atoms with van der Waals surface area (Å²) in [7, 11) is 0. The Morgan fingerprint density at radius 2 is 1.74 bits per heavy atom. The van der Waals surface area contributed by atoms with E-state index in [0.717, 1.165) is 57.3 Å². The lowest BCUT2D eigenvalue weighted by Crippen LogP contribution is -2.48. The largest absolute Gasteiger partial charge is 0.391 e. The van der Waals surface area contributed by atoms with Gasteiger partial charge in [0.05, 0.1) is 5.71 Å². The van der Waals surface area contributed by atoms with Gasteiger partial charge < -0.3 is 4.84 Å². The van der Waals surface area contributed by atoms with Crippen LogP contribution in [0.25, 0.3) is 0 Å². The van der Waals surface area contributed by atoms with Crippen molar-refractivity contribution < 1.29 is 13.6 Å². The van der Waals surface area contributed by atoms with Crippen LogP contribution in [0.15, 0.2) is 23.4 Å². The van der Waals surface area contributed by atoms with Gasteiger partial charge in [-0.25, -0.2) is 8.78 Å². The Hall–Kier alpha value is -1.53. The maximum Gasteiger partial charge on any atom is 0.145 e. The highest BCUT2D eigenvalue weighted by Crippen LogP contribution is 2.16. The highest BCUT2D eigenvalue weighted by Gasteiger charge is 2.25. The van der Waals surface area contributed by atoms with Crippen molar-refractivity contribution in [2.75, 3.05) is 32.7 Å². The maximum absolute atomic E-state index is 13.2. The topological polar surface area (TPSA) is 28.1 Å². The standard InChI is InChI=1S/C17H23F2N3O/c1-2-16-10-17(23-20-16)12-22-5-3-21(4-6-22)11-13-7-14(18)9-15(19)8-13/h7-9,17H,2-6,10-12H2,1H3. The first-order valence-corrected chi connectivity index (χ1v) is 8.23. The lowest BCUT2D eigenvalue weighted by molar-refractivity contribution is 0.0338. The van der Waals surface area contributed by atoms with Gasteiger partial charge in [-0.15, -0.1) is 0 Å². The molecule has 0 aliphatic carbocycles. The summed E-state index contributed by atoms with van der Waals surface area (Å²) >= 11 is 0. The van der Waals surface area contributed by atoms with E-state index >= 15 is 0 Å². The summed E-state index contributed by atoms with van der Waals surface area (Å²) < 4.78 is 26.5. The molecule has 2 heterocycles. The zero-order chi connectivity index (χ0) is 16.2. The third-order valence-electron chi connectivity index (χ3n) is 4.46. The van der Waals surface area contributed by atoms with Crippen LogP contribution in [0.1, 0.15) is 25.3 Å². The molecule has 4 nitrogen and oxygen atoms in total. The van der Waals surface area contributed by atoms with Gasteiger partial charge in [0.25, 0.3) is 0 Å². The monoisotopic (exact) mass is 323 g/mol. The zero-order valence-electron chi connectivity index (χ0n) is 13.5. The molecule has 0 N–H and O–H groups in total. The quantitative estimate of drug-likeness (QED) is 0.834. The predicted octanol–water partition coefficient (Wildman–Crippen LogP) is 2.64. The Morgan fingerprint density at radius 1 is 1.09 bits per heavy atom. The summed E-state index contributed by atoms with van der Waals surface area (Å²) in [6, 6.07) is 3.73. The molecule has 1 aromatic carbocycles. The minimum atomic E-state index is -0.510. The Balaban J connectivity index is 1.43. The second-order valence-corrected chi connectivity index (χ2v) is 6.30. The lowest BCUT2D eigenvalue weighted by atomic mass is 10.1. The first-order chi connectivity index (χ1) is 11.1. The van der Waals surface area contributed by atoms with Crippen molar-refractivity contribution in [1.82, 2.24) is 9.80 Å². The second-order valence-electron chi connectivity index (χ2n) is 6.30. The van der Waals surface area contributed by atoms with Crippen LogP contribution in [0.5, 0.6) is 0 Å². The molecular weight excluding hydrogens is 300 g/mol. The second kappa shape index (κ2) is 7.36. The number of hydrogen-bond acceptors (Lipinski definition) is 4. The normalized spacial score (nSPS) is 22.9. The molecule has 126 valence electrons. The van der Waals surface area contributed by atoms with Crippen LogP contribution in [0, 0.1) is 11.6 Å². The van der Waals surface area contributed by atoms with Gasteiger partial charge in [0, 0.05) is 51.8 Å². The SMILES string of the molecule is CCC1=NOC(CN2CCN(Cc3cc(F)cc(F)c3)CC2)C1. The van der Waals surface area contributed by atoms with Gasteiger partial charge in [-0.1, -0.05) is 12.1 Å². The van der Waals surface area contributed by atoms with Crippen LogP contribution in [0.3, 0.4) is 0 Å². The number of benzene rings is 1. The first-order valence-electron chi connectivity index (χ1n) is 8.23. The fraction of sp³-hybridized carbons (Fsp3) is 0.588. The van der Waals surface area contributed by atoms with Crippen LogP contribution < -0.4 is 0 Å². The molecule has 0 saturated carbocycles. The van der Waals surface area contributed by atoms with Crippen LogP contribution in [-0.2, 0) is 11.4 Å². The van der Waals surface area contributed by atoms with Crippen molar-refractivity contribution in [1.29, 1.82) is 0 Å². The van der Waals surface area contributed by atoms with Gasteiger partial charge in [0.2, 0.25) is 0 Å². The molecule has 0 bridgehead atoms. The van der Waals surface area contributed by atoms with Gasteiger partial charge in [-0.2, -0.15) is 0 Å². The molecule has 0 radical (unpaired) electrons. The van der Waals surface area contributed by atoms with E-state index in [-0.39, 0.29) is 6.10 Å². The highest BCUT2D eigenvalue weighted by molar-refractivity contribution is 5.85. The molecule has 3 rings (SSSR count). The Morgan fingerprint density at radius 3 is 2.35 bits per heavy atom. The van der Waals surface area contributed by atoms with E-state index in [0.29, 0.717) is 12.1 Å².